The molecule has 11 heteroatoms. The first-order chi connectivity index (χ1) is 18.1. The second-order valence-corrected chi connectivity index (χ2v) is 10.2. The lowest BCUT2D eigenvalue weighted by Gasteiger charge is -2.34. The lowest BCUT2D eigenvalue weighted by Crippen LogP contribution is -2.51. The lowest BCUT2D eigenvalue weighted by atomic mass is 10.0. The number of halogens is 1. The molecule has 0 saturated carbocycles. The Morgan fingerprint density at radius 2 is 1.89 bits per heavy atom. The Morgan fingerprint density at radius 3 is 2.50 bits per heavy atom. The zero-order valence-electron chi connectivity index (χ0n) is 22.1. The van der Waals surface area contributed by atoms with E-state index in [1.807, 2.05) is 20.8 Å². The number of tetrazole rings is 1. The summed E-state index contributed by atoms with van der Waals surface area (Å²) in [6, 6.07) is 11.8. The molecule has 0 aliphatic carbocycles. The van der Waals surface area contributed by atoms with Gasteiger partial charge in [0, 0.05) is 24.3 Å². The van der Waals surface area contributed by atoms with Crippen LogP contribution in [0.15, 0.2) is 48.5 Å². The fourth-order valence-electron chi connectivity index (χ4n) is 4.29. The van der Waals surface area contributed by atoms with Gasteiger partial charge in [0.25, 0.3) is 0 Å². The van der Waals surface area contributed by atoms with Crippen LogP contribution in [0.1, 0.15) is 45.2 Å². The van der Waals surface area contributed by atoms with Crippen molar-refractivity contribution in [1.29, 1.82) is 0 Å². The molecule has 3 aromatic rings. The summed E-state index contributed by atoms with van der Waals surface area (Å²) in [6.07, 6.45) is 1.42. The van der Waals surface area contributed by atoms with Crippen molar-refractivity contribution in [3.8, 4) is 17.1 Å². The van der Waals surface area contributed by atoms with Crippen LogP contribution in [-0.2, 0) is 20.9 Å². The Bertz CT molecular complexity index is 1230. The number of carbonyl (C=O) groups is 2. The van der Waals surface area contributed by atoms with Gasteiger partial charge in [-0.2, -0.15) is 4.80 Å². The van der Waals surface area contributed by atoms with E-state index in [0.717, 1.165) is 18.4 Å². The van der Waals surface area contributed by atoms with Crippen molar-refractivity contribution in [3.05, 3.63) is 59.9 Å². The van der Waals surface area contributed by atoms with Gasteiger partial charge in [0.1, 0.15) is 24.2 Å². The lowest BCUT2D eigenvalue weighted by molar-refractivity contribution is -0.144. The van der Waals surface area contributed by atoms with Crippen LogP contribution >= 0.6 is 0 Å². The minimum Gasteiger partial charge on any atom is -0.497 e. The summed E-state index contributed by atoms with van der Waals surface area (Å²) >= 11 is 0. The van der Waals surface area contributed by atoms with E-state index in [4.69, 9.17) is 9.47 Å². The molecule has 2 amide bonds. The molecular formula is C27H33FN6O4. The number of hydrogen-bond acceptors (Lipinski definition) is 7. The predicted molar refractivity (Wildman–Crippen MR) is 138 cm³/mol. The van der Waals surface area contributed by atoms with Gasteiger partial charge < -0.3 is 19.7 Å². The molecule has 0 bridgehead atoms. The topological polar surface area (TPSA) is 111 Å². The summed E-state index contributed by atoms with van der Waals surface area (Å²) in [6.45, 7) is 6.13. The quantitative estimate of drug-likeness (QED) is 0.458. The number of methoxy groups -OCH3 is 1. The number of rotatable bonds is 9. The highest BCUT2D eigenvalue weighted by Crippen LogP contribution is 2.26. The Balaban J connectivity index is 1.63. The first-order valence-electron chi connectivity index (χ1n) is 12.5. The maximum Gasteiger partial charge on any atom is 0.247 e. The summed E-state index contributed by atoms with van der Waals surface area (Å²) < 4.78 is 24.7. The Kier molecular flexibility index (Phi) is 8.35. The van der Waals surface area contributed by atoms with Crippen LogP contribution in [0.5, 0.6) is 5.75 Å². The molecule has 0 unspecified atom stereocenters. The normalized spacial score (nSPS) is 16.2. The number of nitrogens with one attached hydrogen (secondary N) is 1. The third-order valence-electron chi connectivity index (χ3n) is 6.07. The molecule has 1 aliphatic rings. The third kappa shape index (κ3) is 6.91. The van der Waals surface area contributed by atoms with Gasteiger partial charge in [0.05, 0.1) is 13.2 Å². The average Bonchev–Trinajstić information content (AvgIpc) is 3.56. The van der Waals surface area contributed by atoms with Crippen LogP contribution in [0.2, 0.25) is 0 Å². The molecule has 1 fully saturated rings. The molecular weight excluding hydrogens is 491 g/mol. The fourth-order valence-corrected chi connectivity index (χ4v) is 4.29. The number of amides is 2. The summed E-state index contributed by atoms with van der Waals surface area (Å²) in [4.78, 5) is 30.0. The average molecular weight is 525 g/mol. The van der Waals surface area contributed by atoms with Gasteiger partial charge in [-0.15, -0.1) is 10.2 Å². The Morgan fingerprint density at radius 1 is 1.18 bits per heavy atom. The number of nitrogens with zero attached hydrogens (tertiary/aromatic N) is 5. The molecule has 38 heavy (non-hydrogen) atoms. The monoisotopic (exact) mass is 524 g/mol. The first-order valence-corrected chi connectivity index (χ1v) is 12.5. The summed E-state index contributed by atoms with van der Waals surface area (Å²) in [5.74, 6) is -0.148. The van der Waals surface area contributed by atoms with Crippen molar-refractivity contribution in [3.63, 3.8) is 0 Å². The van der Waals surface area contributed by atoms with Crippen LogP contribution < -0.4 is 10.1 Å². The van der Waals surface area contributed by atoms with Crippen molar-refractivity contribution < 1.29 is 23.5 Å². The molecule has 0 radical (unpaired) electrons. The zero-order chi connectivity index (χ0) is 27.3. The molecule has 2 atom stereocenters. The maximum atomic E-state index is 13.8. The fraction of sp³-hybridized carbons (Fsp3) is 0.444. The summed E-state index contributed by atoms with van der Waals surface area (Å²) in [5.41, 5.74) is 0.661. The first kappa shape index (κ1) is 27.2. The number of carbonyl (C=O) groups excluding carboxylic acids is 2. The van der Waals surface area contributed by atoms with E-state index in [1.54, 1.807) is 31.4 Å². The van der Waals surface area contributed by atoms with E-state index in [-0.39, 0.29) is 25.1 Å². The Hall–Kier alpha value is -3.86. The van der Waals surface area contributed by atoms with Crippen LogP contribution in [-0.4, -0.2) is 68.8 Å². The molecule has 0 spiro atoms. The van der Waals surface area contributed by atoms with Gasteiger partial charge in [-0.1, -0.05) is 12.1 Å². The van der Waals surface area contributed by atoms with E-state index < -0.39 is 23.3 Å². The molecule has 2 aromatic carbocycles. The number of benzene rings is 2. The molecule has 202 valence electrons. The van der Waals surface area contributed by atoms with Crippen molar-refractivity contribution >= 4 is 11.8 Å². The highest BCUT2D eigenvalue weighted by molar-refractivity contribution is 5.89. The molecule has 10 nitrogen and oxygen atoms in total. The number of ether oxygens (including phenoxy) is 2. The van der Waals surface area contributed by atoms with E-state index >= 15 is 0 Å². The van der Waals surface area contributed by atoms with Gasteiger partial charge in [0.2, 0.25) is 17.6 Å². The number of hydrogen-bond donors (Lipinski definition) is 1. The molecule has 1 aromatic heterocycles. The molecule has 1 aliphatic heterocycles. The highest BCUT2D eigenvalue weighted by Gasteiger charge is 2.36. The van der Waals surface area contributed by atoms with Gasteiger partial charge >= 0.3 is 0 Å². The van der Waals surface area contributed by atoms with Crippen LogP contribution in [0.3, 0.4) is 0 Å². The summed E-state index contributed by atoms with van der Waals surface area (Å²) in [7, 11) is 1.58. The largest absolute Gasteiger partial charge is 0.497 e. The predicted octanol–water partition coefficient (Wildman–Crippen LogP) is 3.15. The standard InChI is InChI=1S/C27H33FN6O4/c1-27(2,3)29-26(36)24(18-7-11-20(28)12-8-18)33(16-22-6-5-15-38-22)23(35)17-34-31-25(30-32-34)19-9-13-21(37-4)14-10-19/h7-14,22,24H,5-6,15-17H2,1-4H3,(H,29,36)/t22-,24-/m0/s1. The molecule has 4 rings (SSSR count). The van der Waals surface area contributed by atoms with Crippen LogP contribution in [0.4, 0.5) is 4.39 Å². The second kappa shape index (κ2) is 11.7. The summed E-state index contributed by atoms with van der Waals surface area (Å²) in [5, 5.41) is 15.5. The third-order valence-corrected chi connectivity index (χ3v) is 6.07. The van der Waals surface area contributed by atoms with Crippen molar-refractivity contribution in [2.24, 2.45) is 0 Å². The molecule has 1 N–H and O–H groups in total. The SMILES string of the molecule is COc1ccc(-c2nnn(CC(=O)N(C[C@@H]3CCCO3)[C@H](C(=O)NC(C)(C)C)c3ccc(F)cc3)n2)cc1. The van der Waals surface area contributed by atoms with Gasteiger partial charge in [0.15, 0.2) is 0 Å². The van der Waals surface area contributed by atoms with Crippen LogP contribution in [0, 0.1) is 5.82 Å². The Labute approximate surface area is 221 Å². The highest BCUT2D eigenvalue weighted by atomic mass is 19.1. The van der Waals surface area contributed by atoms with E-state index in [9.17, 15) is 14.0 Å². The van der Waals surface area contributed by atoms with Crippen molar-refractivity contribution in [2.45, 2.75) is 57.8 Å². The maximum absolute atomic E-state index is 13.8. The van der Waals surface area contributed by atoms with E-state index in [2.05, 4.69) is 20.7 Å². The second-order valence-electron chi connectivity index (χ2n) is 10.2. The minimum atomic E-state index is -1.00. The van der Waals surface area contributed by atoms with E-state index in [1.165, 1.54) is 34.0 Å². The zero-order valence-corrected chi connectivity index (χ0v) is 22.1. The van der Waals surface area contributed by atoms with Gasteiger partial charge in [-0.25, -0.2) is 4.39 Å². The van der Waals surface area contributed by atoms with Gasteiger partial charge in [-0.05, 0) is 80.8 Å². The van der Waals surface area contributed by atoms with Crippen molar-refractivity contribution in [1.82, 2.24) is 30.4 Å². The van der Waals surface area contributed by atoms with E-state index in [0.29, 0.717) is 23.7 Å². The molecule has 2 heterocycles. The molecule has 1 saturated heterocycles. The van der Waals surface area contributed by atoms with Crippen LogP contribution in [0.25, 0.3) is 11.4 Å². The van der Waals surface area contributed by atoms with Gasteiger partial charge in [-0.3, -0.25) is 9.59 Å². The number of aromatic nitrogens is 4. The minimum absolute atomic E-state index is 0.193. The van der Waals surface area contributed by atoms with Crippen molar-refractivity contribution in [2.75, 3.05) is 20.3 Å². The smallest absolute Gasteiger partial charge is 0.247 e.